The number of fused-ring (bicyclic) bond motifs is 1. The van der Waals surface area contributed by atoms with Crippen LogP contribution < -0.4 is 10.6 Å². The Bertz CT molecular complexity index is 1530. The van der Waals surface area contributed by atoms with E-state index in [1.54, 1.807) is 0 Å². The molecule has 0 aliphatic carbocycles. The highest BCUT2D eigenvalue weighted by Gasteiger charge is 2.38. The maximum Gasteiger partial charge on any atom is 0.406 e. The van der Waals surface area contributed by atoms with Gasteiger partial charge in [0.15, 0.2) is 0 Å². The van der Waals surface area contributed by atoms with Gasteiger partial charge in [0.2, 0.25) is 0 Å². The molecule has 0 radical (unpaired) electrons. The van der Waals surface area contributed by atoms with Crippen molar-refractivity contribution in [2.75, 3.05) is 24.2 Å². The lowest BCUT2D eigenvalue weighted by molar-refractivity contribution is -0.139. The smallest absolute Gasteiger partial charge is 0.383 e. The Morgan fingerprint density at radius 3 is 2.46 bits per heavy atom. The average Bonchev–Trinajstić information content (AvgIpc) is 3.31. The minimum Gasteiger partial charge on any atom is -0.383 e. The van der Waals surface area contributed by atoms with Crippen LogP contribution in [0.2, 0.25) is 0 Å². The van der Waals surface area contributed by atoms with Crippen LogP contribution in [0.5, 0.6) is 0 Å². The van der Waals surface area contributed by atoms with Gasteiger partial charge >= 0.3 is 12.2 Å². The molecule has 2 N–H and O–H groups in total. The van der Waals surface area contributed by atoms with Gasteiger partial charge in [-0.1, -0.05) is 6.07 Å². The van der Waals surface area contributed by atoms with Crippen LogP contribution in [-0.4, -0.2) is 45.2 Å². The minimum absolute atomic E-state index is 0.0393. The highest BCUT2D eigenvalue weighted by atomic mass is 19.4. The molecule has 0 spiro atoms. The molecule has 4 aromatic rings. The van der Waals surface area contributed by atoms with E-state index in [1.807, 2.05) is 0 Å². The number of anilines is 2. The highest BCUT2D eigenvalue weighted by Crippen LogP contribution is 2.38. The van der Waals surface area contributed by atoms with Crippen LogP contribution in [0.15, 0.2) is 48.9 Å². The second kappa shape index (κ2) is 8.68. The summed E-state index contributed by atoms with van der Waals surface area (Å²) < 4.78 is 83.2. The summed E-state index contributed by atoms with van der Waals surface area (Å²) in [5.41, 5.74) is 6.02. The van der Waals surface area contributed by atoms with Crippen molar-refractivity contribution in [2.45, 2.75) is 18.8 Å². The van der Waals surface area contributed by atoms with E-state index < -0.39 is 42.2 Å². The summed E-state index contributed by atoms with van der Waals surface area (Å²) in [6.45, 7) is -1.40. The fraction of sp³-hybridized carbons (Fsp3) is 0.208. The van der Waals surface area contributed by atoms with E-state index in [1.165, 1.54) is 35.0 Å². The quantitative estimate of drug-likeness (QED) is 0.372. The van der Waals surface area contributed by atoms with Gasteiger partial charge in [0.25, 0.3) is 0 Å². The zero-order chi connectivity index (χ0) is 26.6. The Morgan fingerprint density at radius 2 is 1.78 bits per heavy atom. The molecule has 0 saturated carbocycles. The summed E-state index contributed by atoms with van der Waals surface area (Å²) >= 11 is 0. The number of likely N-dealkylation sites (N-methyl/N-ethyl adjacent to an activating group) is 1. The molecule has 2 amide bonds. The van der Waals surface area contributed by atoms with Crippen molar-refractivity contribution < 1.29 is 31.1 Å². The number of halogens is 6. The lowest BCUT2D eigenvalue weighted by atomic mass is 10.0. The maximum absolute atomic E-state index is 15.4. The fourth-order valence-electron chi connectivity index (χ4n) is 4.55. The molecule has 1 unspecified atom stereocenters. The first-order chi connectivity index (χ1) is 17.4. The predicted octanol–water partition coefficient (Wildman–Crippen LogP) is 5.27. The van der Waals surface area contributed by atoms with Crippen molar-refractivity contribution in [1.29, 1.82) is 0 Å². The fourth-order valence-corrected chi connectivity index (χ4v) is 4.55. The van der Waals surface area contributed by atoms with Crippen molar-refractivity contribution >= 4 is 28.6 Å². The molecule has 1 aliphatic heterocycles. The molecule has 1 fully saturated rings. The Balaban J connectivity index is 1.52. The number of carbonyl (C=O) groups is 1. The minimum atomic E-state index is -4.56. The summed E-state index contributed by atoms with van der Waals surface area (Å²) in [7, 11) is 1.44. The number of aromatic nitrogens is 3. The van der Waals surface area contributed by atoms with Crippen molar-refractivity contribution in [3.8, 4) is 11.1 Å². The molecule has 1 saturated heterocycles. The number of nitrogens with zero attached hydrogens (tertiary/aromatic N) is 5. The molecular weight excluding hydrogens is 502 g/mol. The number of benzene rings is 2. The number of alkyl halides is 3. The normalized spacial score (nSPS) is 16.3. The number of carbonyl (C=O) groups excluding carboxylic acids is 1. The maximum atomic E-state index is 15.4. The van der Waals surface area contributed by atoms with Gasteiger partial charge in [-0.25, -0.2) is 27.9 Å². The number of hydrogen-bond donors (Lipinski definition) is 1. The monoisotopic (exact) mass is 520 g/mol. The van der Waals surface area contributed by atoms with Crippen LogP contribution >= 0.6 is 0 Å². The SMILES string of the molecule is CN1C(=O)N(c2ccc(-c3cn(CC(F)(F)F)c4ncnc(N)c34)c(F)c2)CC1c1ccc(F)cc1F. The first kappa shape index (κ1) is 24.4. The molecule has 7 nitrogen and oxygen atoms in total. The molecule has 192 valence electrons. The van der Waals surface area contributed by atoms with Crippen LogP contribution in [0.1, 0.15) is 11.6 Å². The van der Waals surface area contributed by atoms with Crippen LogP contribution in [0.4, 0.5) is 42.6 Å². The Morgan fingerprint density at radius 1 is 1.03 bits per heavy atom. The molecule has 1 aliphatic rings. The lowest BCUT2D eigenvalue weighted by Gasteiger charge is -2.18. The number of amides is 2. The molecule has 0 bridgehead atoms. The predicted molar refractivity (Wildman–Crippen MR) is 123 cm³/mol. The first-order valence-corrected chi connectivity index (χ1v) is 10.9. The van der Waals surface area contributed by atoms with Crippen LogP contribution in [-0.2, 0) is 6.54 Å². The number of urea groups is 1. The molecule has 3 heterocycles. The van der Waals surface area contributed by atoms with Gasteiger partial charge in [-0.15, -0.1) is 0 Å². The van der Waals surface area contributed by atoms with Crippen molar-refractivity contribution in [1.82, 2.24) is 19.4 Å². The van der Waals surface area contributed by atoms with E-state index in [4.69, 9.17) is 5.73 Å². The lowest BCUT2D eigenvalue weighted by Crippen LogP contribution is -2.29. The van der Waals surface area contributed by atoms with Crippen LogP contribution in [0.3, 0.4) is 0 Å². The van der Waals surface area contributed by atoms with Gasteiger partial charge < -0.3 is 15.2 Å². The first-order valence-electron chi connectivity index (χ1n) is 10.9. The van der Waals surface area contributed by atoms with Crippen molar-refractivity contribution in [2.24, 2.45) is 0 Å². The van der Waals surface area contributed by atoms with Crippen LogP contribution in [0, 0.1) is 17.5 Å². The van der Waals surface area contributed by atoms with Crippen molar-refractivity contribution in [3.63, 3.8) is 0 Å². The second-order valence-electron chi connectivity index (χ2n) is 8.59. The van der Waals surface area contributed by atoms with E-state index in [9.17, 15) is 26.7 Å². The van der Waals surface area contributed by atoms with Gasteiger partial charge in [-0.05, 0) is 24.3 Å². The number of hydrogen-bond acceptors (Lipinski definition) is 4. The third-order valence-electron chi connectivity index (χ3n) is 6.26. The summed E-state index contributed by atoms with van der Waals surface area (Å²) in [6.07, 6.45) is -2.44. The number of rotatable bonds is 4. The second-order valence-corrected chi connectivity index (χ2v) is 8.59. The van der Waals surface area contributed by atoms with Gasteiger partial charge in [0.1, 0.15) is 41.8 Å². The van der Waals surface area contributed by atoms with E-state index in [-0.39, 0.29) is 45.8 Å². The molecule has 37 heavy (non-hydrogen) atoms. The molecular formula is C24H18F6N6O. The summed E-state index contributed by atoms with van der Waals surface area (Å²) in [6, 6.07) is 5.53. The Kier molecular flexibility index (Phi) is 5.72. The van der Waals surface area contributed by atoms with E-state index >= 15 is 4.39 Å². The topological polar surface area (TPSA) is 80.3 Å². The van der Waals surface area contributed by atoms with Gasteiger partial charge in [0.05, 0.1) is 18.0 Å². The van der Waals surface area contributed by atoms with E-state index in [0.717, 1.165) is 35.3 Å². The van der Waals surface area contributed by atoms with Crippen molar-refractivity contribution in [3.05, 3.63) is 71.9 Å². The summed E-state index contributed by atoms with van der Waals surface area (Å²) in [4.78, 5) is 23.1. The average molecular weight is 520 g/mol. The number of nitrogens with two attached hydrogens (primary N) is 1. The molecule has 2 aromatic heterocycles. The third-order valence-corrected chi connectivity index (χ3v) is 6.26. The summed E-state index contributed by atoms with van der Waals surface area (Å²) in [5, 5.41) is 0.0576. The largest absolute Gasteiger partial charge is 0.406 e. The Hall–Kier alpha value is -4.29. The highest BCUT2D eigenvalue weighted by molar-refractivity contribution is 6.01. The number of nitrogen functional groups attached to an aromatic ring is 1. The van der Waals surface area contributed by atoms with E-state index in [2.05, 4.69) is 9.97 Å². The molecule has 1 atom stereocenters. The molecule has 2 aromatic carbocycles. The van der Waals surface area contributed by atoms with Gasteiger partial charge in [0, 0.05) is 41.7 Å². The van der Waals surface area contributed by atoms with E-state index in [0.29, 0.717) is 0 Å². The summed E-state index contributed by atoms with van der Waals surface area (Å²) in [5.74, 6) is -2.53. The third kappa shape index (κ3) is 4.30. The zero-order valence-electron chi connectivity index (χ0n) is 19.1. The Labute approximate surface area is 205 Å². The standard InChI is InChI=1S/C24H18F6N6O/c1-34-19(15-4-2-12(25)6-17(15)26)9-36(23(34)37)13-3-5-14(18(27)7-13)16-8-35(10-24(28,29)30)22-20(16)21(31)32-11-33-22/h2-8,11,19H,9-10H2,1H3,(H2,31,32,33). The van der Waals surface area contributed by atoms with Crippen LogP contribution in [0.25, 0.3) is 22.2 Å². The zero-order valence-corrected chi connectivity index (χ0v) is 19.1. The van der Waals surface area contributed by atoms with Gasteiger partial charge in [-0.2, -0.15) is 13.2 Å². The van der Waals surface area contributed by atoms with Gasteiger partial charge in [-0.3, -0.25) is 4.90 Å². The molecule has 5 rings (SSSR count). The molecule has 13 heteroatoms.